The minimum Gasteiger partial charge on any atom is -0.338 e. The number of likely N-dealkylation sites (tertiary alicyclic amines) is 1. The number of nitrogens with two attached hydrogens (primary N) is 1. The molecule has 0 saturated carbocycles. The molecule has 1 aliphatic heterocycles. The van der Waals surface area contributed by atoms with E-state index in [9.17, 15) is 13.6 Å². The molecule has 1 aromatic heterocycles. The quantitative estimate of drug-likeness (QED) is 0.867. The lowest BCUT2D eigenvalue weighted by atomic mass is 9.91. The molecule has 7 heteroatoms. The van der Waals surface area contributed by atoms with E-state index in [0.717, 1.165) is 18.9 Å². The first-order valence-corrected chi connectivity index (χ1v) is 9.68. The average molecular weight is 390 g/mol. The van der Waals surface area contributed by atoms with Crippen LogP contribution in [0.5, 0.6) is 0 Å². The van der Waals surface area contributed by atoms with Crippen molar-refractivity contribution < 1.29 is 13.6 Å². The molecule has 2 atom stereocenters. The van der Waals surface area contributed by atoms with E-state index >= 15 is 0 Å². The van der Waals surface area contributed by atoms with Crippen LogP contribution in [-0.4, -0.2) is 39.7 Å². The van der Waals surface area contributed by atoms with Crippen LogP contribution in [0.3, 0.4) is 0 Å². The number of hydrogen-bond acceptors (Lipinski definition) is 3. The zero-order chi connectivity index (χ0) is 20.6. The number of hydrogen-bond donors (Lipinski definition) is 1. The Labute approximate surface area is 164 Å². The molecule has 28 heavy (non-hydrogen) atoms. The minimum atomic E-state index is -0.736. The number of nitrogens with zero attached hydrogens (tertiary/aromatic N) is 3. The lowest BCUT2D eigenvalue weighted by molar-refractivity contribution is 0.0661. The maximum Gasteiger partial charge on any atom is 0.257 e. The van der Waals surface area contributed by atoms with Gasteiger partial charge in [-0.15, -0.1) is 0 Å². The third-order valence-corrected chi connectivity index (χ3v) is 5.31. The second-order valence-electron chi connectivity index (χ2n) is 8.64. The molecule has 1 saturated heterocycles. The summed E-state index contributed by atoms with van der Waals surface area (Å²) >= 11 is 0. The van der Waals surface area contributed by atoms with E-state index in [4.69, 9.17) is 5.73 Å². The predicted octanol–water partition coefficient (Wildman–Crippen LogP) is 3.78. The first kappa shape index (κ1) is 20.5. The largest absolute Gasteiger partial charge is 0.338 e. The Balaban J connectivity index is 2.04. The summed E-state index contributed by atoms with van der Waals surface area (Å²) in [4.78, 5) is 15.1. The zero-order valence-electron chi connectivity index (χ0n) is 16.9. The number of amides is 1. The fourth-order valence-electron chi connectivity index (χ4n) is 3.55. The number of aromatic nitrogens is 2. The molecule has 5 nitrogen and oxygen atoms in total. The summed E-state index contributed by atoms with van der Waals surface area (Å²) in [6.45, 7) is 9.01. The number of piperidine rings is 1. The van der Waals surface area contributed by atoms with Crippen LogP contribution < -0.4 is 5.73 Å². The molecular formula is C21H28F2N4O. The summed E-state index contributed by atoms with van der Waals surface area (Å²) in [5, 5.41) is 4.49. The first-order valence-electron chi connectivity index (χ1n) is 9.68. The topological polar surface area (TPSA) is 64.2 Å². The van der Waals surface area contributed by atoms with Crippen molar-refractivity contribution >= 4 is 5.91 Å². The second-order valence-corrected chi connectivity index (χ2v) is 8.64. The molecule has 0 radical (unpaired) electrons. The Bertz CT molecular complexity index is 870. The molecule has 0 unspecified atom stereocenters. The van der Waals surface area contributed by atoms with Crippen molar-refractivity contribution in [3.05, 3.63) is 41.6 Å². The van der Waals surface area contributed by atoms with Gasteiger partial charge in [-0.05, 0) is 58.6 Å². The van der Waals surface area contributed by atoms with Gasteiger partial charge in [-0.2, -0.15) is 5.10 Å². The number of halogens is 2. The van der Waals surface area contributed by atoms with Gasteiger partial charge in [0, 0.05) is 37.0 Å². The molecule has 1 aliphatic rings. The summed E-state index contributed by atoms with van der Waals surface area (Å²) in [6, 6.07) is 3.32. The second kappa shape index (κ2) is 7.62. The van der Waals surface area contributed by atoms with Gasteiger partial charge in [-0.3, -0.25) is 9.48 Å². The number of rotatable bonds is 3. The van der Waals surface area contributed by atoms with Crippen LogP contribution in [0.2, 0.25) is 0 Å². The standard InChI is InChI=1S/C21H28F2N4O/c1-13(24)14-6-5-9-26(11-14)20(28)17-12-27(21(2,3)4)25-19(17)16-8-7-15(22)10-18(16)23/h7-8,10,12-14H,5-6,9,11,24H2,1-4H3/t13-,14-/m1/s1. The highest BCUT2D eigenvalue weighted by Crippen LogP contribution is 2.30. The van der Waals surface area contributed by atoms with E-state index < -0.39 is 11.6 Å². The summed E-state index contributed by atoms with van der Waals surface area (Å²) in [5.74, 6) is -1.36. The molecular weight excluding hydrogens is 362 g/mol. The van der Waals surface area contributed by atoms with Crippen molar-refractivity contribution in [2.24, 2.45) is 11.7 Å². The minimum absolute atomic E-state index is 0.00177. The van der Waals surface area contributed by atoms with Crippen LogP contribution in [0.1, 0.15) is 50.9 Å². The van der Waals surface area contributed by atoms with Gasteiger partial charge in [0.1, 0.15) is 17.3 Å². The zero-order valence-corrected chi connectivity index (χ0v) is 16.9. The Hall–Kier alpha value is -2.28. The van der Waals surface area contributed by atoms with Gasteiger partial charge in [0.25, 0.3) is 5.91 Å². The van der Waals surface area contributed by atoms with E-state index in [1.54, 1.807) is 15.8 Å². The first-order chi connectivity index (χ1) is 13.1. The molecule has 1 amide bonds. The molecule has 3 rings (SSSR count). The summed E-state index contributed by atoms with van der Waals surface area (Å²) in [5.41, 5.74) is 6.34. The van der Waals surface area contributed by atoms with Crippen molar-refractivity contribution in [1.82, 2.24) is 14.7 Å². The van der Waals surface area contributed by atoms with Crippen molar-refractivity contribution in [2.45, 2.75) is 52.1 Å². The molecule has 1 fully saturated rings. The van der Waals surface area contributed by atoms with Gasteiger partial charge in [-0.25, -0.2) is 8.78 Å². The monoisotopic (exact) mass is 390 g/mol. The molecule has 0 spiro atoms. The normalized spacial score (nSPS) is 19.0. The van der Waals surface area contributed by atoms with E-state index in [1.165, 1.54) is 12.1 Å². The van der Waals surface area contributed by atoms with Crippen LogP contribution >= 0.6 is 0 Å². The Morgan fingerprint density at radius 1 is 1.32 bits per heavy atom. The van der Waals surface area contributed by atoms with Gasteiger partial charge >= 0.3 is 0 Å². The molecule has 0 aliphatic carbocycles. The molecule has 2 N–H and O–H groups in total. The van der Waals surface area contributed by atoms with Crippen LogP contribution in [0.15, 0.2) is 24.4 Å². The summed E-state index contributed by atoms with van der Waals surface area (Å²) in [6.07, 6.45) is 3.53. The number of benzene rings is 1. The average Bonchev–Trinajstić information content (AvgIpc) is 3.06. The number of carbonyl (C=O) groups excluding carboxylic acids is 1. The van der Waals surface area contributed by atoms with Crippen LogP contribution in [0.25, 0.3) is 11.3 Å². The summed E-state index contributed by atoms with van der Waals surface area (Å²) in [7, 11) is 0. The third-order valence-electron chi connectivity index (χ3n) is 5.31. The third kappa shape index (κ3) is 4.09. The van der Waals surface area contributed by atoms with Gasteiger partial charge < -0.3 is 10.6 Å². The molecule has 2 aromatic rings. The lowest BCUT2D eigenvalue weighted by Crippen LogP contribution is -2.45. The SMILES string of the molecule is C[C@@H](N)[C@@H]1CCCN(C(=O)c2cn(C(C)(C)C)nc2-c2ccc(F)cc2F)C1. The van der Waals surface area contributed by atoms with E-state index in [2.05, 4.69) is 5.10 Å². The van der Waals surface area contributed by atoms with Gasteiger partial charge in [-0.1, -0.05) is 0 Å². The Kier molecular flexibility index (Phi) is 5.57. The van der Waals surface area contributed by atoms with Crippen molar-refractivity contribution in [3.63, 3.8) is 0 Å². The van der Waals surface area contributed by atoms with Crippen LogP contribution in [-0.2, 0) is 5.54 Å². The Morgan fingerprint density at radius 2 is 2.04 bits per heavy atom. The fourth-order valence-corrected chi connectivity index (χ4v) is 3.55. The lowest BCUT2D eigenvalue weighted by Gasteiger charge is -2.34. The molecule has 1 aromatic carbocycles. The fraction of sp³-hybridized carbons (Fsp3) is 0.524. The molecule has 152 valence electrons. The highest BCUT2D eigenvalue weighted by molar-refractivity contribution is 6.00. The van der Waals surface area contributed by atoms with Gasteiger partial charge in [0.2, 0.25) is 0 Å². The van der Waals surface area contributed by atoms with Crippen molar-refractivity contribution in [3.8, 4) is 11.3 Å². The molecule has 0 bridgehead atoms. The van der Waals surface area contributed by atoms with Crippen LogP contribution in [0, 0.1) is 17.6 Å². The smallest absolute Gasteiger partial charge is 0.257 e. The number of carbonyl (C=O) groups is 1. The van der Waals surface area contributed by atoms with E-state index in [0.29, 0.717) is 18.7 Å². The van der Waals surface area contributed by atoms with Crippen molar-refractivity contribution in [2.75, 3.05) is 13.1 Å². The molecule has 2 heterocycles. The maximum atomic E-state index is 14.5. The maximum absolute atomic E-state index is 14.5. The highest BCUT2D eigenvalue weighted by Gasteiger charge is 2.31. The van der Waals surface area contributed by atoms with E-state index in [1.807, 2.05) is 27.7 Å². The van der Waals surface area contributed by atoms with Crippen molar-refractivity contribution in [1.29, 1.82) is 0 Å². The van der Waals surface area contributed by atoms with E-state index in [-0.39, 0.29) is 34.7 Å². The van der Waals surface area contributed by atoms with Crippen LogP contribution in [0.4, 0.5) is 8.78 Å². The summed E-state index contributed by atoms with van der Waals surface area (Å²) < 4.78 is 29.5. The van der Waals surface area contributed by atoms with Gasteiger partial charge in [0.15, 0.2) is 0 Å². The van der Waals surface area contributed by atoms with Gasteiger partial charge in [0.05, 0.1) is 11.1 Å². The Morgan fingerprint density at radius 3 is 2.64 bits per heavy atom. The highest BCUT2D eigenvalue weighted by atomic mass is 19.1. The predicted molar refractivity (Wildman–Crippen MR) is 105 cm³/mol.